The van der Waals surface area contributed by atoms with Crippen LogP contribution in [-0.4, -0.2) is 0 Å². The summed E-state index contributed by atoms with van der Waals surface area (Å²) in [6, 6.07) is 16.2. The van der Waals surface area contributed by atoms with Crippen molar-refractivity contribution in [3.63, 3.8) is 0 Å². The highest BCUT2D eigenvalue weighted by molar-refractivity contribution is 5.47. The third-order valence-electron chi connectivity index (χ3n) is 7.43. The van der Waals surface area contributed by atoms with Gasteiger partial charge in [-0.3, -0.25) is 0 Å². The lowest BCUT2D eigenvalue weighted by Gasteiger charge is -2.27. The minimum absolute atomic E-state index is 0.652. The van der Waals surface area contributed by atoms with Gasteiger partial charge in [-0.25, -0.2) is 0 Å². The molecule has 5 rings (SSSR count). The quantitative estimate of drug-likeness (QED) is 0.597. The number of benzene rings is 2. The zero-order valence-electron chi connectivity index (χ0n) is 16.0. The van der Waals surface area contributed by atoms with E-state index >= 15 is 0 Å². The Balaban J connectivity index is 1.62. The summed E-state index contributed by atoms with van der Waals surface area (Å²) in [5.74, 6) is 4.24. The highest BCUT2D eigenvalue weighted by Crippen LogP contribution is 2.63. The number of allylic oxidation sites excluding steroid dienone is 4. The van der Waals surface area contributed by atoms with E-state index in [1.54, 1.807) is 11.1 Å². The molecule has 3 aliphatic rings. The Labute approximate surface area is 157 Å². The summed E-state index contributed by atoms with van der Waals surface area (Å²) in [5, 5.41) is 0. The fourth-order valence-corrected chi connectivity index (χ4v) is 6.25. The van der Waals surface area contributed by atoms with Crippen molar-refractivity contribution in [1.82, 2.24) is 0 Å². The average Bonchev–Trinajstić information content (AvgIpc) is 3.11. The Morgan fingerprint density at radius 3 is 2.42 bits per heavy atom. The lowest BCUT2D eigenvalue weighted by atomic mass is 9.77. The first-order valence-corrected chi connectivity index (χ1v) is 10.1. The third-order valence-corrected chi connectivity index (χ3v) is 7.43. The van der Waals surface area contributed by atoms with E-state index in [0.29, 0.717) is 23.7 Å². The van der Waals surface area contributed by atoms with Crippen molar-refractivity contribution in [2.24, 2.45) is 23.7 Å². The second-order valence-electron chi connectivity index (χ2n) is 8.76. The molecule has 0 aliphatic heterocycles. The van der Waals surface area contributed by atoms with Crippen molar-refractivity contribution >= 4 is 0 Å². The molecule has 6 atom stereocenters. The first-order valence-electron chi connectivity index (χ1n) is 10.1. The number of fused-ring (bicyclic) bond motifs is 5. The van der Waals surface area contributed by atoms with Crippen molar-refractivity contribution in [1.29, 1.82) is 0 Å². The van der Waals surface area contributed by atoms with Crippen LogP contribution in [0.1, 0.15) is 46.6 Å². The maximum Gasteiger partial charge on any atom is -0.00532 e. The van der Waals surface area contributed by atoms with Crippen molar-refractivity contribution in [3.05, 3.63) is 94.6 Å². The summed E-state index contributed by atoms with van der Waals surface area (Å²) < 4.78 is 0. The van der Waals surface area contributed by atoms with E-state index in [1.807, 2.05) is 0 Å². The van der Waals surface area contributed by atoms with Gasteiger partial charge < -0.3 is 0 Å². The van der Waals surface area contributed by atoms with Crippen LogP contribution in [0.4, 0.5) is 0 Å². The van der Waals surface area contributed by atoms with E-state index < -0.39 is 0 Å². The van der Waals surface area contributed by atoms with E-state index in [2.05, 4.69) is 87.5 Å². The van der Waals surface area contributed by atoms with Crippen LogP contribution >= 0.6 is 0 Å². The summed E-state index contributed by atoms with van der Waals surface area (Å²) in [4.78, 5) is 0. The molecule has 2 aromatic carbocycles. The first kappa shape index (κ1) is 16.1. The Hall–Kier alpha value is -2.08. The van der Waals surface area contributed by atoms with Gasteiger partial charge in [-0.2, -0.15) is 0 Å². The third kappa shape index (κ3) is 2.28. The molecule has 26 heavy (non-hydrogen) atoms. The van der Waals surface area contributed by atoms with Gasteiger partial charge in [-0.05, 0) is 78.0 Å². The van der Waals surface area contributed by atoms with Gasteiger partial charge in [0.1, 0.15) is 0 Å². The minimum Gasteiger partial charge on any atom is -0.0805 e. The van der Waals surface area contributed by atoms with Gasteiger partial charge in [0.2, 0.25) is 0 Å². The maximum absolute atomic E-state index is 2.51. The number of hydrogen-bond acceptors (Lipinski definition) is 0. The molecular weight excluding hydrogens is 312 g/mol. The van der Waals surface area contributed by atoms with Crippen molar-refractivity contribution in [2.75, 3.05) is 0 Å². The monoisotopic (exact) mass is 340 g/mol. The average molecular weight is 341 g/mol. The molecule has 0 amide bonds. The summed E-state index contributed by atoms with van der Waals surface area (Å²) >= 11 is 0. The molecule has 2 aromatic rings. The normalized spacial score (nSPS) is 33.8. The molecule has 0 heteroatoms. The van der Waals surface area contributed by atoms with Gasteiger partial charge in [-0.1, -0.05) is 79.3 Å². The maximum atomic E-state index is 2.51. The van der Waals surface area contributed by atoms with Crippen molar-refractivity contribution < 1.29 is 0 Å². The van der Waals surface area contributed by atoms with Gasteiger partial charge in [0.15, 0.2) is 0 Å². The van der Waals surface area contributed by atoms with Crippen LogP contribution < -0.4 is 0 Å². The molecule has 6 unspecified atom stereocenters. The highest BCUT2D eigenvalue weighted by Gasteiger charge is 2.54. The molecule has 0 aromatic heterocycles. The van der Waals surface area contributed by atoms with E-state index in [4.69, 9.17) is 0 Å². The van der Waals surface area contributed by atoms with Crippen LogP contribution in [0.15, 0.2) is 66.8 Å². The lowest BCUT2D eigenvalue weighted by molar-refractivity contribution is 0.320. The van der Waals surface area contributed by atoms with E-state index in [0.717, 1.165) is 11.8 Å². The van der Waals surface area contributed by atoms with Gasteiger partial charge in [-0.15, -0.1) is 0 Å². The molecule has 0 nitrogen and oxygen atoms in total. The number of aryl methyl sites for hydroxylation is 2. The summed E-state index contributed by atoms with van der Waals surface area (Å²) in [6.45, 7) is 7.02. The standard InChI is InChI=1S/C26H28/c1-16-12-13-21-23(14-16)26-22-11-7-6-10-20(22)18(3)25(26)24(21)15-19-9-5-4-8-17(19)2/h4-14,18,20,22,24-26H,15H2,1-3H3. The summed E-state index contributed by atoms with van der Waals surface area (Å²) in [5.41, 5.74) is 7.64. The summed E-state index contributed by atoms with van der Waals surface area (Å²) in [6.07, 6.45) is 10.7. The molecule has 3 aliphatic carbocycles. The Bertz CT molecular complexity index is 900. The second-order valence-corrected chi connectivity index (χ2v) is 8.76. The van der Waals surface area contributed by atoms with Crippen LogP contribution in [0.3, 0.4) is 0 Å². The molecule has 0 N–H and O–H groups in total. The fraction of sp³-hybridized carbons (Fsp3) is 0.385. The number of rotatable bonds is 2. The van der Waals surface area contributed by atoms with Gasteiger partial charge in [0, 0.05) is 0 Å². The van der Waals surface area contributed by atoms with Crippen LogP contribution in [-0.2, 0) is 6.42 Å². The fourth-order valence-electron chi connectivity index (χ4n) is 6.25. The SMILES string of the molecule is Cc1ccc2c(c1)C1C3C=CC=CC3C(C)C1C2Cc1ccccc1C. The molecular formula is C26H28. The van der Waals surface area contributed by atoms with Crippen LogP contribution in [0.2, 0.25) is 0 Å². The molecule has 0 heterocycles. The largest absolute Gasteiger partial charge is 0.0805 e. The van der Waals surface area contributed by atoms with Crippen LogP contribution in [0.25, 0.3) is 0 Å². The lowest BCUT2D eigenvalue weighted by Crippen LogP contribution is -2.19. The summed E-state index contributed by atoms with van der Waals surface area (Å²) in [7, 11) is 0. The number of hydrogen-bond donors (Lipinski definition) is 0. The van der Waals surface area contributed by atoms with Gasteiger partial charge in [0.05, 0.1) is 0 Å². The molecule has 0 bridgehead atoms. The molecule has 1 fully saturated rings. The predicted molar refractivity (Wildman–Crippen MR) is 109 cm³/mol. The van der Waals surface area contributed by atoms with Gasteiger partial charge in [0.25, 0.3) is 0 Å². The molecule has 0 saturated heterocycles. The van der Waals surface area contributed by atoms with Crippen molar-refractivity contribution in [2.45, 2.75) is 39.0 Å². The van der Waals surface area contributed by atoms with E-state index in [1.165, 1.54) is 23.1 Å². The molecule has 0 radical (unpaired) electrons. The second kappa shape index (κ2) is 5.98. The van der Waals surface area contributed by atoms with Crippen molar-refractivity contribution in [3.8, 4) is 0 Å². The smallest absolute Gasteiger partial charge is 0.00532 e. The Morgan fingerprint density at radius 1 is 0.846 bits per heavy atom. The Kier molecular flexibility index (Phi) is 3.71. The van der Waals surface area contributed by atoms with Crippen LogP contribution in [0.5, 0.6) is 0 Å². The zero-order valence-corrected chi connectivity index (χ0v) is 16.0. The molecule has 0 spiro atoms. The zero-order chi connectivity index (χ0) is 17.8. The first-order chi connectivity index (χ1) is 12.6. The molecule has 132 valence electrons. The van der Waals surface area contributed by atoms with Gasteiger partial charge >= 0.3 is 0 Å². The van der Waals surface area contributed by atoms with E-state index in [-0.39, 0.29) is 0 Å². The highest BCUT2D eigenvalue weighted by atomic mass is 14.6. The minimum atomic E-state index is 0.652. The predicted octanol–water partition coefficient (Wildman–Crippen LogP) is 6.35. The van der Waals surface area contributed by atoms with E-state index in [9.17, 15) is 0 Å². The molecule has 1 saturated carbocycles. The Morgan fingerprint density at radius 2 is 1.62 bits per heavy atom. The van der Waals surface area contributed by atoms with Crippen LogP contribution in [0, 0.1) is 37.5 Å². The topological polar surface area (TPSA) is 0 Å².